The van der Waals surface area contributed by atoms with Gasteiger partial charge in [-0.15, -0.1) is 0 Å². The average molecular weight is 442 g/mol. The van der Waals surface area contributed by atoms with Crippen molar-refractivity contribution in [2.24, 2.45) is 0 Å². The third kappa shape index (κ3) is 3.69. The molecule has 3 N–H and O–H groups in total. The number of rotatable bonds is 4. The number of aryl methyl sites for hydroxylation is 1. The maximum absolute atomic E-state index is 13.1. The predicted octanol–water partition coefficient (Wildman–Crippen LogP) is 4.16. The zero-order valence-electron chi connectivity index (χ0n) is 18.0. The fraction of sp³-hybridized carbons (Fsp3) is 0.200. The van der Waals surface area contributed by atoms with Gasteiger partial charge in [0.05, 0.1) is 11.8 Å². The van der Waals surface area contributed by atoms with Gasteiger partial charge in [0.1, 0.15) is 17.4 Å². The Morgan fingerprint density at radius 1 is 1.09 bits per heavy atom. The Bertz CT molecular complexity index is 1300. The fourth-order valence-electron chi connectivity index (χ4n) is 4.38. The second-order valence-corrected chi connectivity index (χ2v) is 8.30. The van der Waals surface area contributed by atoms with Gasteiger partial charge in [-0.05, 0) is 49.6 Å². The van der Waals surface area contributed by atoms with Gasteiger partial charge >= 0.3 is 5.97 Å². The second-order valence-electron chi connectivity index (χ2n) is 8.30. The number of carbonyl (C=O) groups is 3. The van der Waals surface area contributed by atoms with Gasteiger partial charge in [-0.3, -0.25) is 9.59 Å². The highest BCUT2D eigenvalue weighted by Crippen LogP contribution is 2.41. The molecule has 33 heavy (non-hydrogen) atoms. The normalized spacial score (nSPS) is 17.1. The Morgan fingerprint density at radius 3 is 2.52 bits per heavy atom. The van der Waals surface area contributed by atoms with Gasteiger partial charge in [-0.2, -0.15) is 5.10 Å². The molecular formula is C25H22N4O4. The Morgan fingerprint density at radius 2 is 1.82 bits per heavy atom. The summed E-state index contributed by atoms with van der Waals surface area (Å²) in [4.78, 5) is 37.2. The van der Waals surface area contributed by atoms with Gasteiger partial charge in [-0.25, -0.2) is 9.48 Å². The van der Waals surface area contributed by atoms with E-state index in [1.807, 2.05) is 31.2 Å². The van der Waals surface area contributed by atoms with Crippen molar-refractivity contribution in [3.05, 3.63) is 88.3 Å². The number of allylic oxidation sites excluding steroid dienone is 2. The first-order chi connectivity index (χ1) is 15.9. The van der Waals surface area contributed by atoms with E-state index in [0.717, 1.165) is 23.2 Å². The average Bonchev–Trinajstić information content (AvgIpc) is 3.23. The quantitative estimate of drug-likeness (QED) is 0.559. The molecule has 1 aliphatic heterocycles. The van der Waals surface area contributed by atoms with Crippen LogP contribution in [0.25, 0.3) is 0 Å². The molecule has 0 fully saturated rings. The molecule has 8 nitrogen and oxygen atoms in total. The van der Waals surface area contributed by atoms with Crippen LogP contribution in [0.5, 0.6) is 0 Å². The van der Waals surface area contributed by atoms with E-state index < -0.39 is 12.0 Å². The van der Waals surface area contributed by atoms with E-state index in [9.17, 15) is 19.5 Å². The molecule has 0 spiro atoms. The first-order valence-electron chi connectivity index (χ1n) is 10.7. The molecule has 5 rings (SSSR count). The number of amides is 1. The van der Waals surface area contributed by atoms with E-state index in [2.05, 4.69) is 15.7 Å². The number of carbonyl (C=O) groups excluding carboxylic acids is 2. The van der Waals surface area contributed by atoms with Crippen LogP contribution in [0.4, 0.5) is 11.5 Å². The van der Waals surface area contributed by atoms with Crippen molar-refractivity contribution in [2.75, 3.05) is 10.6 Å². The largest absolute Gasteiger partial charge is 0.478 e. The number of hydrogen-bond donors (Lipinski definition) is 3. The van der Waals surface area contributed by atoms with Crippen molar-refractivity contribution in [3.8, 4) is 0 Å². The number of aromatic carboxylic acids is 1. The molecule has 0 radical (unpaired) electrons. The van der Waals surface area contributed by atoms with E-state index in [-0.39, 0.29) is 17.3 Å². The van der Waals surface area contributed by atoms with Crippen molar-refractivity contribution in [1.29, 1.82) is 0 Å². The van der Waals surface area contributed by atoms with Crippen LogP contribution in [0.2, 0.25) is 0 Å². The molecule has 2 heterocycles. The Hall–Kier alpha value is -4.20. The summed E-state index contributed by atoms with van der Waals surface area (Å²) in [6.45, 7) is 1.98. The highest BCUT2D eigenvalue weighted by Gasteiger charge is 2.37. The minimum Gasteiger partial charge on any atom is -0.478 e. The summed E-state index contributed by atoms with van der Waals surface area (Å²) in [5.74, 6) is -0.780. The van der Waals surface area contributed by atoms with Crippen molar-refractivity contribution in [2.45, 2.75) is 32.2 Å². The summed E-state index contributed by atoms with van der Waals surface area (Å²) in [5, 5.41) is 19.9. The predicted molar refractivity (Wildman–Crippen MR) is 122 cm³/mol. The lowest BCUT2D eigenvalue weighted by molar-refractivity contribution is -0.116. The molecule has 8 heteroatoms. The smallest absolute Gasteiger partial charge is 0.335 e. The third-order valence-electron chi connectivity index (χ3n) is 6.07. The van der Waals surface area contributed by atoms with Crippen LogP contribution in [0, 0.1) is 6.92 Å². The number of carboxylic acids is 1. The van der Waals surface area contributed by atoms with Crippen LogP contribution < -0.4 is 10.6 Å². The van der Waals surface area contributed by atoms with Gasteiger partial charge in [0.25, 0.3) is 5.91 Å². The number of aromatic nitrogens is 2. The first-order valence-corrected chi connectivity index (χ1v) is 10.7. The maximum atomic E-state index is 13.1. The molecule has 0 bridgehead atoms. The number of benzene rings is 2. The SMILES string of the molecule is Cc1ccc(NC(=O)c2cnn3c2NC2=C(C(=O)CCC2)C3c2ccc(C(=O)O)cc2)cc1. The van der Waals surface area contributed by atoms with Crippen LogP contribution in [-0.4, -0.2) is 32.5 Å². The zero-order chi connectivity index (χ0) is 23.1. The van der Waals surface area contributed by atoms with Gasteiger partial charge in [0, 0.05) is 23.4 Å². The van der Waals surface area contributed by atoms with E-state index in [1.54, 1.807) is 16.8 Å². The first kappa shape index (κ1) is 20.7. The summed E-state index contributed by atoms with van der Waals surface area (Å²) in [7, 11) is 0. The lowest BCUT2D eigenvalue weighted by Crippen LogP contribution is -2.32. The molecule has 3 aromatic rings. The van der Waals surface area contributed by atoms with Crippen LogP contribution in [0.3, 0.4) is 0 Å². The zero-order valence-corrected chi connectivity index (χ0v) is 18.0. The summed E-state index contributed by atoms with van der Waals surface area (Å²) in [6.07, 6.45) is 3.36. The standard InChI is InChI=1S/C25H22N4O4/c1-14-5-11-17(12-6-14)27-24(31)18-13-26-29-22(15-7-9-16(10-8-15)25(32)33)21-19(28-23(18)29)3-2-4-20(21)30/h5-13,22,28H,2-4H2,1H3,(H,27,31)(H,32,33). The maximum Gasteiger partial charge on any atom is 0.335 e. The summed E-state index contributed by atoms with van der Waals surface area (Å²) in [5.41, 5.74) is 4.44. The van der Waals surface area contributed by atoms with Crippen molar-refractivity contribution >= 4 is 29.2 Å². The summed E-state index contributed by atoms with van der Waals surface area (Å²) >= 11 is 0. The van der Waals surface area contributed by atoms with E-state index >= 15 is 0 Å². The number of hydrogen-bond acceptors (Lipinski definition) is 5. The molecule has 1 atom stereocenters. The van der Waals surface area contributed by atoms with Crippen LogP contribution >= 0.6 is 0 Å². The van der Waals surface area contributed by atoms with Gasteiger partial charge < -0.3 is 15.7 Å². The molecule has 0 saturated heterocycles. The molecule has 1 amide bonds. The van der Waals surface area contributed by atoms with Gasteiger partial charge in [0.15, 0.2) is 5.78 Å². The van der Waals surface area contributed by atoms with E-state index in [4.69, 9.17) is 0 Å². The van der Waals surface area contributed by atoms with Crippen molar-refractivity contribution < 1.29 is 19.5 Å². The van der Waals surface area contributed by atoms with Crippen LogP contribution in [0.1, 0.15) is 57.1 Å². The van der Waals surface area contributed by atoms with Gasteiger partial charge in [-0.1, -0.05) is 29.8 Å². The second kappa shape index (κ2) is 8.05. The number of nitrogens with one attached hydrogen (secondary N) is 2. The number of nitrogens with zero attached hydrogens (tertiary/aromatic N) is 2. The number of ketones is 1. The highest BCUT2D eigenvalue weighted by atomic mass is 16.4. The Kier molecular flexibility index (Phi) is 5.05. The minimum absolute atomic E-state index is 0.0304. The number of carboxylic acid groups (broad SMARTS) is 1. The molecule has 2 aliphatic rings. The van der Waals surface area contributed by atoms with Crippen molar-refractivity contribution in [1.82, 2.24) is 9.78 Å². The molecule has 1 aromatic heterocycles. The highest BCUT2D eigenvalue weighted by molar-refractivity contribution is 6.08. The number of fused-ring (bicyclic) bond motifs is 1. The lowest BCUT2D eigenvalue weighted by atomic mass is 9.85. The van der Waals surface area contributed by atoms with Crippen LogP contribution in [-0.2, 0) is 4.79 Å². The monoisotopic (exact) mass is 442 g/mol. The minimum atomic E-state index is -1.02. The lowest BCUT2D eigenvalue weighted by Gasteiger charge is -2.33. The summed E-state index contributed by atoms with van der Waals surface area (Å²) in [6, 6.07) is 13.4. The Labute approximate surface area is 189 Å². The fourth-order valence-corrected chi connectivity index (χ4v) is 4.38. The molecular weight excluding hydrogens is 420 g/mol. The van der Waals surface area contributed by atoms with Crippen molar-refractivity contribution in [3.63, 3.8) is 0 Å². The van der Waals surface area contributed by atoms with Gasteiger partial charge in [0.2, 0.25) is 0 Å². The van der Waals surface area contributed by atoms with E-state index in [1.165, 1.54) is 18.3 Å². The Balaban J connectivity index is 1.56. The number of anilines is 2. The van der Waals surface area contributed by atoms with Crippen LogP contribution in [0.15, 0.2) is 66.0 Å². The summed E-state index contributed by atoms with van der Waals surface area (Å²) < 4.78 is 1.64. The third-order valence-corrected chi connectivity index (χ3v) is 6.07. The molecule has 1 unspecified atom stereocenters. The molecule has 166 valence electrons. The van der Waals surface area contributed by atoms with E-state index in [0.29, 0.717) is 35.5 Å². The molecule has 0 saturated carbocycles. The molecule has 2 aromatic carbocycles. The molecule has 1 aliphatic carbocycles. The number of Topliss-reactive ketones (excluding diaryl/α,β-unsaturated/α-hetero) is 1. The topological polar surface area (TPSA) is 113 Å².